The van der Waals surface area contributed by atoms with Crippen LogP contribution < -0.4 is 0 Å². The van der Waals surface area contributed by atoms with Crippen molar-refractivity contribution in [3.8, 4) is 0 Å². The molecule has 0 bridgehead atoms. The number of hydrogen-bond acceptors (Lipinski definition) is 3. The molecule has 1 atom stereocenters. The van der Waals surface area contributed by atoms with Gasteiger partial charge < -0.3 is 9.64 Å². The first-order valence-electron chi connectivity index (χ1n) is 6.22. The number of ether oxygens (including phenoxy) is 1. The van der Waals surface area contributed by atoms with Gasteiger partial charge in [-0.05, 0) is 25.7 Å². The molecule has 2 heterocycles. The molecule has 96 valence electrons. The smallest absolute Gasteiger partial charge is 0.260 e. The lowest BCUT2D eigenvalue weighted by Gasteiger charge is -2.50. The summed E-state index contributed by atoms with van der Waals surface area (Å²) in [5.74, 6) is 0.732. The quantitative estimate of drug-likeness (QED) is 0.754. The molecule has 1 aliphatic carbocycles. The summed E-state index contributed by atoms with van der Waals surface area (Å²) in [6.45, 7) is 1.42. The number of alkyl halides is 1. The van der Waals surface area contributed by atoms with E-state index in [-0.39, 0.29) is 10.7 Å². The Morgan fingerprint density at radius 3 is 2.65 bits per heavy atom. The second-order valence-electron chi connectivity index (χ2n) is 5.54. The molecule has 2 saturated heterocycles. The fourth-order valence-electron chi connectivity index (χ4n) is 2.95. The summed E-state index contributed by atoms with van der Waals surface area (Å²) in [6.07, 6.45) is 2.99. The highest BCUT2D eigenvalue weighted by molar-refractivity contribution is 8.01. The highest BCUT2D eigenvalue weighted by Gasteiger charge is 2.56. The van der Waals surface area contributed by atoms with Crippen molar-refractivity contribution in [1.82, 2.24) is 4.90 Å². The molecule has 1 spiro atoms. The second-order valence-corrected chi connectivity index (χ2v) is 7.02. The van der Waals surface area contributed by atoms with Crippen molar-refractivity contribution < 1.29 is 13.9 Å². The van der Waals surface area contributed by atoms with Gasteiger partial charge in [-0.1, -0.05) is 0 Å². The number of methoxy groups -OCH3 is 1. The number of halogens is 1. The lowest BCUT2D eigenvalue weighted by molar-refractivity contribution is -0.155. The molecular formula is C12H18FNO2S. The molecule has 0 N–H and O–H groups in total. The minimum absolute atomic E-state index is 0.163. The average Bonchev–Trinajstić information content (AvgIpc) is 2.67. The number of rotatable bonds is 2. The van der Waals surface area contributed by atoms with E-state index < -0.39 is 5.67 Å². The average molecular weight is 259 g/mol. The third kappa shape index (κ3) is 1.78. The molecule has 2 aliphatic heterocycles. The summed E-state index contributed by atoms with van der Waals surface area (Å²) in [7, 11) is 1.73. The number of amides is 1. The van der Waals surface area contributed by atoms with E-state index in [4.69, 9.17) is 4.74 Å². The van der Waals surface area contributed by atoms with Gasteiger partial charge >= 0.3 is 0 Å². The minimum Gasteiger partial charge on any atom is -0.381 e. The molecule has 1 unspecified atom stereocenters. The molecule has 0 aromatic carbocycles. The number of hydrogen-bond donors (Lipinski definition) is 0. The molecule has 17 heavy (non-hydrogen) atoms. The summed E-state index contributed by atoms with van der Waals surface area (Å²) >= 11 is 1.88. The Hall–Kier alpha value is -0.290. The molecule has 1 saturated carbocycles. The van der Waals surface area contributed by atoms with Gasteiger partial charge in [-0.15, -0.1) is 11.8 Å². The van der Waals surface area contributed by atoms with Crippen LogP contribution in [0.15, 0.2) is 0 Å². The molecule has 5 heteroatoms. The Bertz CT molecular complexity index is 339. The zero-order valence-corrected chi connectivity index (χ0v) is 10.9. The zero-order chi connectivity index (χ0) is 12.1. The topological polar surface area (TPSA) is 29.5 Å². The van der Waals surface area contributed by atoms with Gasteiger partial charge in [0, 0.05) is 26.0 Å². The maximum Gasteiger partial charge on any atom is 0.260 e. The van der Waals surface area contributed by atoms with E-state index >= 15 is 0 Å². The van der Waals surface area contributed by atoms with Crippen LogP contribution in [-0.4, -0.2) is 53.3 Å². The maximum absolute atomic E-state index is 14.0. The van der Waals surface area contributed by atoms with E-state index in [1.165, 1.54) is 0 Å². The molecule has 0 radical (unpaired) electrons. The van der Waals surface area contributed by atoms with Gasteiger partial charge in [-0.25, -0.2) is 4.39 Å². The Labute approximate surface area is 105 Å². The van der Waals surface area contributed by atoms with E-state index in [0.29, 0.717) is 32.0 Å². The van der Waals surface area contributed by atoms with Crippen LogP contribution in [0.4, 0.5) is 4.39 Å². The summed E-state index contributed by atoms with van der Waals surface area (Å²) in [4.78, 5) is 13.6. The van der Waals surface area contributed by atoms with Gasteiger partial charge in [-0.2, -0.15) is 0 Å². The van der Waals surface area contributed by atoms with Crippen molar-refractivity contribution in [3.63, 3.8) is 0 Å². The number of carbonyl (C=O) groups excluding carboxylic acids is 1. The Morgan fingerprint density at radius 1 is 1.47 bits per heavy atom. The molecule has 3 fully saturated rings. The van der Waals surface area contributed by atoms with Crippen LogP contribution in [-0.2, 0) is 9.53 Å². The Morgan fingerprint density at radius 2 is 2.18 bits per heavy atom. The lowest BCUT2D eigenvalue weighted by Crippen LogP contribution is -2.65. The van der Waals surface area contributed by atoms with Crippen LogP contribution >= 0.6 is 11.8 Å². The van der Waals surface area contributed by atoms with Crippen molar-refractivity contribution in [3.05, 3.63) is 0 Å². The molecule has 0 aromatic rings. The standard InChI is InChI=1S/C12H18FNO2S/c1-16-9-5-11(17-6-9)7-14(8-11)10(15)12(13)3-2-4-12/h9H,2-8H2,1H3. The van der Waals surface area contributed by atoms with E-state index in [0.717, 1.165) is 18.6 Å². The molecule has 0 aromatic heterocycles. The van der Waals surface area contributed by atoms with E-state index in [2.05, 4.69) is 0 Å². The summed E-state index contributed by atoms with van der Waals surface area (Å²) in [5.41, 5.74) is -1.52. The van der Waals surface area contributed by atoms with Crippen molar-refractivity contribution in [1.29, 1.82) is 0 Å². The highest BCUT2D eigenvalue weighted by atomic mass is 32.2. The highest BCUT2D eigenvalue weighted by Crippen LogP contribution is 2.48. The van der Waals surface area contributed by atoms with E-state index in [1.807, 2.05) is 11.8 Å². The molecular weight excluding hydrogens is 241 g/mol. The van der Waals surface area contributed by atoms with E-state index in [1.54, 1.807) is 12.0 Å². The second kappa shape index (κ2) is 3.85. The van der Waals surface area contributed by atoms with Crippen LogP contribution in [0.3, 0.4) is 0 Å². The van der Waals surface area contributed by atoms with Gasteiger partial charge in [0.15, 0.2) is 5.67 Å². The fraction of sp³-hybridized carbons (Fsp3) is 0.917. The molecule has 1 amide bonds. The van der Waals surface area contributed by atoms with Crippen LogP contribution in [0.25, 0.3) is 0 Å². The Kier molecular flexibility index (Phi) is 2.67. The SMILES string of the molecule is COC1CSC2(C1)CN(C(=O)C1(F)CCC1)C2. The Balaban J connectivity index is 1.56. The fourth-order valence-corrected chi connectivity index (χ4v) is 4.54. The van der Waals surface area contributed by atoms with Gasteiger partial charge in [0.25, 0.3) is 5.91 Å². The van der Waals surface area contributed by atoms with Crippen molar-refractivity contribution in [2.24, 2.45) is 0 Å². The predicted molar refractivity (Wildman–Crippen MR) is 64.9 cm³/mol. The first kappa shape index (κ1) is 11.8. The lowest BCUT2D eigenvalue weighted by atomic mass is 9.79. The number of nitrogens with zero attached hydrogens (tertiary/aromatic N) is 1. The van der Waals surface area contributed by atoms with Crippen LogP contribution in [0, 0.1) is 0 Å². The summed E-state index contributed by atoms with van der Waals surface area (Å²) in [5, 5.41) is 0. The first-order chi connectivity index (χ1) is 8.07. The molecule has 3 aliphatic rings. The van der Waals surface area contributed by atoms with Gasteiger partial charge in [0.2, 0.25) is 0 Å². The summed E-state index contributed by atoms with van der Waals surface area (Å²) in [6, 6.07) is 0. The van der Waals surface area contributed by atoms with Gasteiger partial charge in [0.1, 0.15) is 0 Å². The monoisotopic (exact) mass is 259 g/mol. The molecule has 3 nitrogen and oxygen atoms in total. The minimum atomic E-state index is -1.52. The predicted octanol–water partition coefficient (Wildman–Crippen LogP) is 1.61. The molecule has 3 rings (SSSR count). The number of thioether (sulfide) groups is 1. The largest absolute Gasteiger partial charge is 0.381 e. The van der Waals surface area contributed by atoms with E-state index in [9.17, 15) is 9.18 Å². The van der Waals surface area contributed by atoms with Crippen LogP contribution in [0.1, 0.15) is 25.7 Å². The third-order valence-corrected chi connectivity index (χ3v) is 5.86. The normalized spacial score (nSPS) is 33.3. The van der Waals surface area contributed by atoms with Crippen LogP contribution in [0.2, 0.25) is 0 Å². The van der Waals surface area contributed by atoms with Gasteiger partial charge in [-0.3, -0.25) is 4.79 Å². The van der Waals surface area contributed by atoms with Gasteiger partial charge in [0.05, 0.1) is 10.9 Å². The number of likely N-dealkylation sites (tertiary alicyclic amines) is 1. The van der Waals surface area contributed by atoms with Crippen LogP contribution in [0.5, 0.6) is 0 Å². The number of carbonyl (C=O) groups is 1. The third-order valence-electron chi connectivity index (χ3n) is 4.28. The maximum atomic E-state index is 14.0. The van der Waals surface area contributed by atoms with Crippen molar-refractivity contribution in [2.75, 3.05) is 26.0 Å². The first-order valence-corrected chi connectivity index (χ1v) is 7.21. The van der Waals surface area contributed by atoms with Crippen molar-refractivity contribution >= 4 is 17.7 Å². The summed E-state index contributed by atoms with van der Waals surface area (Å²) < 4.78 is 19.5. The zero-order valence-electron chi connectivity index (χ0n) is 10.1. The van der Waals surface area contributed by atoms with Crippen molar-refractivity contribution in [2.45, 2.75) is 42.2 Å².